The highest BCUT2D eigenvalue weighted by molar-refractivity contribution is 7.99. The maximum Gasteiger partial charge on any atom is 0.329 e. The Labute approximate surface area is 447 Å². The van der Waals surface area contributed by atoms with E-state index in [0.717, 1.165) is 38.5 Å². The van der Waals surface area contributed by atoms with Gasteiger partial charge in [-0.25, -0.2) is 9.59 Å². The third-order valence-electron chi connectivity index (χ3n) is 12.8. The van der Waals surface area contributed by atoms with Crippen molar-refractivity contribution in [3.8, 4) is 0 Å². The van der Waals surface area contributed by atoms with Crippen LogP contribution in [0.3, 0.4) is 0 Å². The first kappa shape index (κ1) is 67.7. The molecule has 14 nitrogen and oxygen atoms in total. The lowest BCUT2D eigenvalue weighted by Crippen LogP contribution is -2.44. The molecule has 2 N–H and O–H groups in total. The Balaban J connectivity index is 2.58. The fourth-order valence-electron chi connectivity index (χ4n) is 8.69. The van der Waals surface area contributed by atoms with Crippen LogP contribution in [0.5, 0.6) is 0 Å². The molecule has 15 heteroatoms. The lowest BCUT2D eigenvalue weighted by Gasteiger charge is -2.25. The number of carbonyl (C=O) groups excluding carboxylic acids is 7. The third-order valence-corrected chi connectivity index (χ3v) is 13.9. The predicted molar refractivity (Wildman–Crippen MR) is 294 cm³/mol. The third kappa shape index (κ3) is 38.8. The number of amides is 4. The molecule has 1 saturated heterocycles. The van der Waals surface area contributed by atoms with E-state index in [9.17, 15) is 33.6 Å². The van der Waals surface area contributed by atoms with Gasteiger partial charge in [-0.15, -0.1) is 0 Å². The molecule has 0 aromatic carbocycles. The van der Waals surface area contributed by atoms with Crippen molar-refractivity contribution < 1.29 is 52.5 Å². The van der Waals surface area contributed by atoms with Gasteiger partial charge in [0.05, 0.1) is 0 Å². The summed E-state index contributed by atoms with van der Waals surface area (Å²) in [5.41, 5.74) is -1.47. The summed E-state index contributed by atoms with van der Waals surface area (Å²) in [5, 5.41) is 5.47. The molecule has 1 aliphatic rings. The van der Waals surface area contributed by atoms with Crippen molar-refractivity contribution >= 4 is 53.5 Å². The van der Waals surface area contributed by atoms with Crippen molar-refractivity contribution in [1.82, 2.24) is 15.5 Å². The SMILES string of the molecule is CCCCCCCCCCCCCCCC(=O)OC[C@H](CSC[C@@H]1NC(=O)N(CCCCCC(=O)N[C@@H](CCC(=O)OC(C)(C)C)C(=O)OC(C)(C)C)C1=O)OC(=O)CCCCCCCCCCCCCCC. The van der Waals surface area contributed by atoms with E-state index >= 15 is 0 Å². The topological polar surface area (TPSA) is 184 Å². The van der Waals surface area contributed by atoms with E-state index < -0.39 is 47.4 Å². The summed E-state index contributed by atoms with van der Waals surface area (Å²) in [6.07, 6.45) is 33.1. The fraction of sp³-hybridized carbons (Fsp3) is 0.879. The van der Waals surface area contributed by atoms with Gasteiger partial charge in [0.2, 0.25) is 5.91 Å². The first-order valence-corrected chi connectivity index (χ1v) is 30.3. The van der Waals surface area contributed by atoms with E-state index in [1.165, 1.54) is 145 Å². The Hall–Kier alpha value is -3.36. The number of esters is 4. The van der Waals surface area contributed by atoms with Crippen LogP contribution in [-0.2, 0) is 47.7 Å². The van der Waals surface area contributed by atoms with Gasteiger partial charge in [0.25, 0.3) is 5.91 Å². The molecule has 4 amide bonds. The van der Waals surface area contributed by atoms with Crippen molar-refractivity contribution in [2.45, 2.75) is 303 Å². The number of urea groups is 1. The van der Waals surface area contributed by atoms with Crippen molar-refractivity contribution in [1.29, 1.82) is 0 Å². The second kappa shape index (κ2) is 41.8. The second-order valence-corrected chi connectivity index (χ2v) is 23.5. The quantitative estimate of drug-likeness (QED) is 0.0255. The van der Waals surface area contributed by atoms with Crippen molar-refractivity contribution in [3.63, 3.8) is 0 Å². The monoisotopic (exact) mass is 1050 g/mol. The van der Waals surface area contributed by atoms with Crippen LogP contribution in [0, 0.1) is 0 Å². The maximum atomic E-state index is 13.3. The number of unbranched alkanes of at least 4 members (excludes halogenated alkanes) is 26. The van der Waals surface area contributed by atoms with Crippen molar-refractivity contribution in [2.24, 2.45) is 0 Å². The number of imide groups is 1. The predicted octanol–water partition coefficient (Wildman–Crippen LogP) is 13.6. The molecule has 0 bridgehead atoms. The Morgan fingerprint density at radius 3 is 1.48 bits per heavy atom. The van der Waals surface area contributed by atoms with Crippen LogP contribution in [0.25, 0.3) is 0 Å². The largest absolute Gasteiger partial charge is 0.462 e. The molecular weight excluding hydrogens is 947 g/mol. The summed E-state index contributed by atoms with van der Waals surface area (Å²) in [6, 6.07) is -2.26. The molecule has 1 aliphatic heterocycles. The average Bonchev–Trinajstić information content (AvgIpc) is 3.58. The molecule has 1 rings (SSSR count). The smallest absolute Gasteiger partial charge is 0.329 e. The number of thioether (sulfide) groups is 1. The maximum absolute atomic E-state index is 13.3. The van der Waals surface area contributed by atoms with Crippen LogP contribution >= 0.6 is 11.8 Å². The minimum Gasteiger partial charge on any atom is -0.462 e. The van der Waals surface area contributed by atoms with Crippen LogP contribution in [0.2, 0.25) is 0 Å². The summed E-state index contributed by atoms with van der Waals surface area (Å²) >= 11 is 1.36. The van der Waals surface area contributed by atoms with Crippen molar-refractivity contribution in [3.05, 3.63) is 0 Å². The summed E-state index contributed by atoms with van der Waals surface area (Å²) in [4.78, 5) is 91.3. The number of rotatable bonds is 46. The van der Waals surface area contributed by atoms with E-state index in [1.54, 1.807) is 41.5 Å². The highest BCUT2D eigenvalue weighted by Crippen LogP contribution is 2.20. The molecule has 0 saturated carbocycles. The summed E-state index contributed by atoms with van der Waals surface area (Å²) in [6.45, 7) is 15.1. The lowest BCUT2D eigenvalue weighted by molar-refractivity contribution is -0.160. The average molecular weight is 1050 g/mol. The van der Waals surface area contributed by atoms with Gasteiger partial charge in [-0.05, 0) is 73.6 Å². The van der Waals surface area contributed by atoms with Crippen molar-refractivity contribution in [2.75, 3.05) is 24.7 Å². The number of hydrogen-bond acceptors (Lipinski definition) is 12. The number of ether oxygens (including phenoxy) is 4. The molecule has 0 aromatic heterocycles. The summed E-state index contributed by atoms with van der Waals surface area (Å²) < 4.78 is 22.3. The van der Waals surface area contributed by atoms with Gasteiger partial charge in [0, 0.05) is 43.7 Å². The first-order chi connectivity index (χ1) is 34.8. The van der Waals surface area contributed by atoms with E-state index in [0.29, 0.717) is 37.9 Å². The standard InChI is InChI=1S/C58H105N3O11S/c1-9-11-13-15-17-19-21-23-25-27-29-31-35-39-51(63)69-44-47(70-52(64)40-36-32-30-28-26-24-22-20-18-16-14-12-10-2)45-73-46-49-54(66)61(56(68)60-49)43-37-33-34-38-50(62)59-48(55(67)72-58(6,7)8)41-42-53(65)71-57(3,4)5/h47-49H,9-46H2,1-8H3,(H,59,62)(H,60,68)/t47-,48+,49+/m1/s1. The molecule has 0 aromatic rings. The second-order valence-electron chi connectivity index (χ2n) is 22.4. The molecule has 1 fully saturated rings. The minimum atomic E-state index is -1.02. The van der Waals surface area contributed by atoms with E-state index in [1.807, 2.05) is 0 Å². The van der Waals surface area contributed by atoms with Crippen LogP contribution in [0.4, 0.5) is 4.79 Å². The number of hydrogen-bond donors (Lipinski definition) is 2. The van der Waals surface area contributed by atoms with Crippen LogP contribution in [0.1, 0.15) is 274 Å². The Kier molecular flexibility index (Phi) is 38.8. The molecule has 0 radical (unpaired) electrons. The Morgan fingerprint density at radius 1 is 0.562 bits per heavy atom. The number of nitrogens with zero attached hydrogens (tertiary/aromatic N) is 1. The first-order valence-electron chi connectivity index (χ1n) is 29.1. The van der Waals surface area contributed by atoms with Crippen LogP contribution < -0.4 is 10.6 Å². The zero-order valence-corrected chi connectivity index (χ0v) is 48.3. The minimum absolute atomic E-state index is 0.0273. The van der Waals surface area contributed by atoms with E-state index in [-0.39, 0.29) is 61.9 Å². The van der Waals surface area contributed by atoms with Gasteiger partial charge in [-0.1, -0.05) is 174 Å². The number of nitrogens with one attached hydrogen (secondary N) is 2. The molecule has 73 heavy (non-hydrogen) atoms. The highest BCUT2D eigenvalue weighted by atomic mass is 32.2. The summed E-state index contributed by atoms with van der Waals surface area (Å²) in [7, 11) is 0. The van der Waals surface area contributed by atoms with Gasteiger partial charge in [-0.2, -0.15) is 11.8 Å². The fourth-order valence-corrected chi connectivity index (χ4v) is 9.71. The van der Waals surface area contributed by atoms with Gasteiger partial charge >= 0.3 is 29.9 Å². The number of carbonyl (C=O) groups is 7. The Bertz CT molecular complexity index is 1530. The molecule has 1 heterocycles. The van der Waals surface area contributed by atoms with Gasteiger partial charge in [0.15, 0.2) is 0 Å². The molecule has 0 aliphatic carbocycles. The molecule has 0 spiro atoms. The zero-order chi connectivity index (χ0) is 54.2. The van der Waals surface area contributed by atoms with E-state index in [4.69, 9.17) is 18.9 Å². The molecule has 0 unspecified atom stereocenters. The van der Waals surface area contributed by atoms with Gasteiger partial charge < -0.3 is 29.6 Å². The zero-order valence-electron chi connectivity index (χ0n) is 47.4. The van der Waals surface area contributed by atoms with E-state index in [2.05, 4.69) is 24.5 Å². The lowest BCUT2D eigenvalue weighted by atomic mass is 10.0. The van der Waals surface area contributed by atoms with Gasteiger partial charge in [-0.3, -0.25) is 28.9 Å². The molecule has 424 valence electrons. The highest BCUT2D eigenvalue weighted by Gasteiger charge is 2.37. The summed E-state index contributed by atoms with van der Waals surface area (Å²) in [5.74, 6) is -1.91. The normalized spacial score (nSPS) is 14.7. The molecule has 3 atom stereocenters. The molecular formula is C58H105N3O11S. The van der Waals surface area contributed by atoms with Crippen LogP contribution in [0.15, 0.2) is 0 Å². The van der Waals surface area contributed by atoms with Crippen LogP contribution in [-0.4, -0.2) is 101 Å². The van der Waals surface area contributed by atoms with Gasteiger partial charge in [0.1, 0.15) is 36.0 Å². The Morgan fingerprint density at radius 2 is 1.00 bits per heavy atom.